The first kappa shape index (κ1) is 50.9. The molecule has 3 N–H and O–H groups in total. The molecular weight excluding hydrogens is 972 g/mol. The Hall–Kier alpha value is -2.47. The molecule has 10 nitrogen and oxygen atoms in total. The predicted octanol–water partition coefficient (Wildman–Crippen LogP) is 13.9. The van der Waals surface area contributed by atoms with E-state index in [1.165, 1.54) is 36.4 Å². The van der Waals surface area contributed by atoms with E-state index in [2.05, 4.69) is 16.0 Å². The van der Waals surface area contributed by atoms with Crippen LogP contribution in [-0.4, -0.2) is 37.4 Å². The predicted molar refractivity (Wildman–Crippen MR) is 243 cm³/mol. The van der Waals surface area contributed by atoms with Crippen molar-refractivity contribution in [3.05, 3.63) is 116 Å². The van der Waals surface area contributed by atoms with Gasteiger partial charge in [-0.1, -0.05) is 144 Å². The molecule has 0 atom stereocenters. The highest BCUT2D eigenvalue weighted by atomic mass is 35.5. The molecule has 3 amide bonds. The second-order valence-electron chi connectivity index (χ2n) is 12.4. The average Bonchev–Trinajstić information content (AvgIpc) is 3.17. The van der Waals surface area contributed by atoms with Crippen LogP contribution in [0.4, 0.5) is 0 Å². The first-order chi connectivity index (χ1) is 27.9. The number of nitrogens with one attached hydrogen (secondary N) is 3. The zero-order valence-electron chi connectivity index (χ0n) is 31.8. The van der Waals surface area contributed by atoms with Crippen molar-refractivity contribution in [3.8, 4) is 0 Å². The number of amides is 3. The van der Waals surface area contributed by atoms with Crippen LogP contribution < -0.4 is 16.0 Å². The summed E-state index contributed by atoms with van der Waals surface area (Å²) in [5.41, 5.74) is 0.291. The number of phosphoric acid groups is 1. The lowest BCUT2D eigenvalue weighted by atomic mass is 10.2. The molecule has 59 heavy (non-hydrogen) atoms. The lowest BCUT2D eigenvalue weighted by Gasteiger charge is -2.23. The number of hydrogen-bond acceptors (Lipinski definition) is 7. The van der Waals surface area contributed by atoms with Gasteiger partial charge in [0.25, 0.3) is 17.7 Å². The smallest absolute Gasteiger partial charge is 0.380 e. The summed E-state index contributed by atoms with van der Waals surface area (Å²) >= 11 is 56.8. The number of hydrogen-bond donors (Lipinski definition) is 3. The summed E-state index contributed by atoms with van der Waals surface area (Å²) in [5, 5.41) is 8.56. The van der Waals surface area contributed by atoms with Gasteiger partial charge in [-0.05, 0) is 90.6 Å². The quantitative estimate of drug-likeness (QED) is 0.0318. The summed E-state index contributed by atoms with van der Waals surface area (Å²) in [5.74, 6) is -4.82. The van der Waals surface area contributed by atoms with Gasteiger partial charge in [0.1, 0.15) is 0 Å². The van der Waals surface area contributed by atoms with E-state index in [1.54, 1.807) is 0 Å². The Labute approximate surface area is 388 Å². The van der Waals surface area contributed by atoms with Crippen molar-refractivity contribution in [1.29, 1.82) is 0 Å². The van der Waals surface area contributed by atoms with Gasteiger partial charge in [0.15, 0.2) is 17.3 Å². The molecule has 0 heterocycles. The Morgan fingerprint density at radius 1 is 0.458 bits per heavy atom. The molecule has 0 aliphatic rings. The Kier molecular flexibility index (Phi) is 21.4. The number of unbranched alkanes of at least 4 members (excludes halogenated alkanes) is 3. The van der Waals surface area contributed by atoms with Gasteiger partial charge in [0.2, 0.25) is 0 Å². The van der Waals surface area contributed by atoms with Crippen LogP contribution in [0.3, 0.4) is 0 Å². The Morgan fingerprint density at radius 3 is 0.932 bits per heavy atom. The summed E-state index contributed by atoms with van der Waals surface area (Å²) in [4.78, 5) is 41.5. The second kappa shape index (κ2) is 24.8. The number of rotatable bonds is 21. The molecule has 0 fully saturated rings. The third-order valence-electron chi connectivity index (χ3n) is 7.73. The molecule has 0 unspecified atom stereocenters. The van der Waals surface area contributed by atoms with Crippen molar-refractivity contribution in [2.75, 3.05) is 19.6 Å². The van der Waals surface area contributed by atoms with Gasteiger partial charge in [0, 0.05) is 34.7 Å². The van der Waals surface area contributed by atoms with Crippen LogP contribution in [0.2, 0.25) is 45.2 Å². The van der Waals surface area contributed by atoms with Crippen molar-refractivity contribution in [3.63, 3.8) is 0 Å². The number of phosphoric ester groups is 1. The van der Waals surface area contributed by atoms with Gasteiger partial charge in [-0.3, -0.25) is 14.4 Å². The van der Waals surface area contributed by atoms with Gasteiger partial charge in [-0.2, -0.15) is 4.57 Å². The van der Waals surface area contributed by atoms with Gasteiger partial charge in [0.05, 0.1) is 30.1 Å². The van der Waals surface area contributed by atoms with Crippen molar-refractivity contribution in [1.82, 2.24) is 16.0 Å². The molecule has 0 aliphatic heterocycles. The van der Waals surface area contributed by atoms with Crippen LogP contribution in [-0.2, 0) is 32.5 Å². The first-order valence-corrected chi connectivity index (χ1v) is 22.9. The molecule has 0 aromatic heterocycles. The Morgan fingerprint density at radius 2 is 0.695 bits per heavy atom. The highest BCUT2D eigenvalue weighted by molar-refractivity contribution is 7.49. The standard InChI is InChI=1S/C39H39Cl9N3O7P/c1-4-7-10-49-37(52)34(16-22-13-28(43)31(46)19-25(22)40)56-59(55,57-35(38(53)50-11-8-5-2)17-23-14-29(44)32(47)20-26(23)41)58-36(39(54)51-12-9-6-3)18-24-15-30(45)33(48)21-27(24)42/h13-21H,4-12H2,1-3H3,(H,49,52)(H,50,53)(H,51,54)/b34-16+,35-17+,36-18+. The fourth-order valence-electron chi connectivity index (χ4n) is 4.58. The minimum Gasteiger partial charge on any atom is -0.380 e. The summed E-state index contributed by atoms with van der Waals surface area (Å²) in [7, 11) is -5.48. The zero-order chi connectivity index (χ0) is 43.9. The van der Waals surface area contributed by atoms with E-state index in [0.717, 1.165) is 18.2 Å². The number of benzene rings is 3. The molecule has 3 aromatic rings. The molecule has 0 spiro atoms. The lowest BCUT2D eigenvalue weighted by molar-refractivity contribution is -0.120. The summed E-state index contributed by atoms with van der Waals surface area (Å²) in [6, 6.07) is 7.96. The third kappa shape index (κ3) is 16.1. The van der Waals surface area contributed by atoms with E-state index in [9.17, 15) is 14.4 Å². The number of carbonyl (C=O) groups is 3. The maximum Gasteiger partial charge on any atom is 0.647 e. The minimum absolute atomic E-state index is 0.0221. The van der Waals surface area contributed by atoms with Crippen molar-refractivity contribution >= 4 is 148 Å². The van der Waals surface area contributed by atoms with Crippen LogP contribution >= 0.6 is 112 Å². The normalized spacial score (nSPS) is 12.2. The molecule has 0 saturated carbocycles. The van der Waals surface area contributed by atoms with Gasteiger partial charge < -0.3 is 29.5 Å². The molecule has 0 bridgehead atoms. The zero-order valence-corrected chi connectivity index (χ0v) is 39.5. The molecule has 20 heteroatoms. The maximum atomic E-state index is 15.4. The van der Waals surface area contributed by atoms with Gasteiger partial charge in [-0.25, -0.2) is 0 Å². The van der Waals surface area contributed by atoms with Crippen LogP contribution in [0.1, 0.15) is 76.0 Å². The third-order valence-corrected chi connectivity index (χ3v) is 12.1. The van der Waals surface area contributed by atoms with Crippen molar-refractivity contribution in [2.45, 2.75) is 59.3 Å². The molecule has 3 rings (SSSR count). The Balaban J connectivity index is 2.39. The van der Waals surface area contributed by atoms with Crippen LogP contribution in [0.15, 0.2) is 53.7 Å². The fraction of sp³-hybridized carbons (Fsp3) is 0.308. The molecule has 320 valence electrons. The number of halogens is 9. The highest BCUT2D eigenvalue weighted by Crippen LogP contribution is 2.56. The molecule has 3 aromatic carbocycles. The van der Waals surface area contributed by atoms with Crippen LogP contribution in [0, 0.1) is 0 Å². The topological polar surface area (TPSA) is 132 Å². The minimum atomic E-state index is -5.48. The molecule has 0 radical (unpaired) electrons. The van der Waals surface area contributed by atoms with Crippen molar-refractivity contribution in [2.24, 2.45) is 0 Å². The van der Waals surface area contributed by atoms with Crippen molar-refractivity contribution < 1.29 is 32.5 Å². The van der Waals surface area contributed by atoms with E-state index in [1.807, 2.05) is 20.8 Å². The molecule has 0 saturated heterocycles. The Bertz CT molecular complexity index is 1930. The summed E-state index contributed by atoms with van der Waals surface area (Å²) in [6.07, 6.45) is 7.11. The monoisotopic (exact) mass is 1010 g/mol. The largest absolute Gasteiger partial charge is 0.647 e. The lowest BCUT2D eigenvalue weighted by Crippen LogP contribution is -2.29. The fourth-order valence-corrected chi connectivity index (χ4v) is 7.65. The average molecular weight is 1010 g/mol. The highest BCUT2D eigenvalue weighted by Gasteiger charge is 2.40. The second-order valence-corrected chi connectivity index (χ2v) is 17.5. The van der Waals surface area contributed by atoms with Gasteiger partial charge in [-0.15, -0.1) is 0 Å². The van der Waals surface area contributed by atoms with E-state index in [-0.39, 0.29) is 81.5 Å². The van der Waals surface area contributed by atoms with E-state index in [4.69, 9.17) is 118 Å². The molecular formula is C39H39Cl9N3O7P. The maximum absolute atomic E-state index is 15.4. The summed E-state index contributed by atoms with van der Waals surface area (Å²) in [6.45, 7) is 6.22. The van der Waals surface area contributed by atoms with Crippen LogP contribution in [0.25, 0.3) is 18.2 Å². The van der Waals surface area contributed by atoms with Gasteiger partial charge >= 0.3 is 7.82 Å². The van der Waals surface area contributed by atoms with E-state index >= 15 is 4.57 Å². The SMILES string of the molecule is CCCCNC(=O)/C(=C\c1cc(Cl)c(Cl)cc1Cl)OP(=O)(O/C(=C/c1cc(Cl)c(Cl)cc1Cl)C(=O)NCCCC)O/C(=C/c1cc(Cl)c(Cl)cc1Cl)C(=O)NCCCC. The first-order valence-electron chi connectivity index (χ1n) is 18.0. The van der Waals surface area contributed by atoms with E-state index < -0.39 is 42.8 Å². The molecule has 0 aliphatic carbocycles. The number of carbonyl (C=O) groups excluding carboxylic acids is 3. The van der Waals surface area contributed by atoms with E-state index in [0.29, 0.717) is 38.5 Å². The van der Waals surface area contributed by atoms with Crippen LogP contribution in [0.5, 0.6) is 0 Å². The summed E-state index contributed by atoms with van der Waals surface area (Å²) < 4.78 is 33.1.